The second-order valence-electron chi connectivity index (χ2n) is 3.65. The monoisotopic (exact) mass is 228 g/mol. The van der Waals surface area contributed by atoms with Gasteiger partial charge in [-0.25, -0.2) is 4.98 Å². The Morgan fingerprint density at radius 1 is 1.59 bits per heavy atom. The minimum Gasteiger partial charge on any atom is -0.368 e. The van der Waals surface area contributed by atoms with E-state index < -0.39 is 0 Å². The first-order chi connectivity index (χ1) is 8.11. The Balaban J connectivity index is 2.59. The fourth-order valence-electron chi connectivity index (χ4n) is 1.24. The molecule has 0 fully saturated rings. The summed E-state index contributed by atoms with van der Waals surface area (Å²) in [5.41, 5.74) is 7.54. The molecular formula is C13H16N4. The largest absolute Gasteiger partial charge is 0.368 e. The van der Waals surface area contributed by atoms with Gasteiger partial charge in [0.25, 0.3) is 0 Å². The van der Waals surface area contributed by atoms with Gasteiger partial charge in [-0.3, -0.25) is 0 Å². The van der Waals surface area contributed by atoms with Gasteiger partial charge in [-0.2, -0.15) is 4.98 Å². The van der Waals surface area contributed by atoms with Crippen LogP contribution in [-0.2, 0) is 0 Å². The standard InChI is InChI=1S/C13H16N4/c1-4-5-6-7-10(2)9-15-12-8-11(3)16-13(14)17-12/h1,5-8H,9H2,2-3H3,(H3,14,15,16,17)/b6-5-,10-7+. The summed E-state index contributed by atoms with van der Waals surface area (Å²) < 4.78 is 0. The van der Waals surface area contributed by atoms with E-state index in [1.807, 2.05) is 32.1 Å². The predicted octanol–water partition coefficient (Wildman–Crippen LogP) is 1.91. The van der Waals surface area contributed by atoms with Crippen molar-refractivity contribution in [3.05, 3.63) is 35.6 Å². The molecule has 4 heteroatoms. The highest BCUT2D eigenvalue weighted by Crippen LogP contribution is 2.07. The summed E-state index contributed by atoms with van der Waals surface area (Å²) in [7, 11) is 0. The molecule has 0 amide bonds. The molecule has 0 bridgehead atoms. The zero-order chi connectivity index (χ0) is 12.7. The van der Waals surface area contributed by atoms with Crippen LogP contribution >= 0.6 is 0 Å². The van der Waals surface area contributed by atoms with E-state index in [4.69, 9.17) is 12.2 Å². The van der Waals surface area contributed by atoms with E-state index in [9.17, 15) is 0 Å². The lowest BCUT2D eigenvalue weighted by Crippen LogP contribution is -2.07. The summed E-state index contributed by atoms with van der Waals surface area (Å²) in [6.07, 6.45) is 10.5. The first-order valence-electron chi connectivity index (χ1n) is 5.25. The minimum absolute atomic E-state index is 0.279. The zero-order valence-electron chi connectivity index (χ0n) is 10.1. The molecule has 0 radical (unpaired) electrons. The molecule has 1 heterocycles. The number of nitrogens with one attached hydrogen (secondary N) is 1. The van der Waals surface area contributed by atoms with Gasteiger partial charge >= 0.3 is 0 Å². The number of terminal acetylenes is 1. The van der Waals surface area contributed by atoms with Gasteiger partial charge in [-0.05, 0) is 19.9 Å². The van der Waals surface area contributed by atoms with Gasteiger partial charge in [0.05, 0.1) is 0 Å². The zero-order valence-corrected chi connectivity index (χ0v) is 10.1. The maximum absolute atomic E-state index is 5.55. The number of hydrogen-bond donors (Lipinski definition) is 2. The van der Waals surface area contributed by atoms with Crippen LogP contribution in [0.15, 0.2) is 29.9 Å². The fraction of sp³-hybridized carbons (Fsp3) is 0.231. The topological polar surface area (TPSA) is 63.8 Å². The van der Waals surface area contributed by atoms with Crippen LogP contribution in [0.3, 0.4) is 0 Å². The second kappa shape index (κ2) is 6.33. The first-order valence-corrected chi connectivity index (χ1v) is 5.25. The Hall–Kier alpha value is -2.28. The van der Waals surface area contributed by atoms with Gasteiger partial charge in [0, 0.05) is 18.3 Å². The molecule has 0 aliphatic carbocycles. The average Bonchev–Trinajstić information content (AvgIpc) is 2.25. The Bertz CT molecular complexity index is 460. The van der Waals surface area contributed by atoms with Crippen molar-refractivity contribution in [3.63, 3.8) is 0 Å². The van der Waals surface area contributed by atoms with E-state index in [1.165, 1.54) is 0 Å². The Kier molecular flexibility index (Phi) is 4.77. The van der Waals surface area contributed by atoms with Gasteiger partial charge in [0.1, 0.15) is 5.82 Å². The molecule has 1 rings (SSSR count). The molecule has 0 saturated carbocycles. The van der Waals surface area contributed by atoms with E-state index in [2.05, 4.69) is 21.2 Å². The highest BCUT2D eigenvalue weighted by atomic mass is 15.1. The number of nitrogens with zero attached hydrogens (tertiary/aromatic N) is 2. The smallest absolute Gasteiger partial charge is 0.222 e. The minimum atomic E-state index is 0.279. The fourth-order valence-corrected chi connectivity index (χ4v) is 1.24. The molecule has 0 aliphatic heterocycles. The molecule has 0 atom stereocenters. The number of aryl methyl sites for hydroxylation is 1. The third kappa shape index (κ3) is 4.85. The molecule has 1 aromatic heterocycles. The van der Waals surface area contributed by atoms with Crippen LogP contribution in [0.5, 0.6) is 0 Å². The third-order valence-electron chi connectivity index (χ3n) is 1.99. The van der Waals surface area contributed by atoms with Crippen LogP contribution in [-0.4, -0.2) is 16.5 Å². The number of aromatic nitrogens is 2. The molecule has 0 aromatic carbocycles. The van der Waals surface area contributed by atoms with Crippen molar-refractivity contribution in [1.29, 1.82) is 0 Å². The SMILES string of the molecule is C#C/C=C\C=C(/C)CNc1cc(C)nc(N)n1. The second-order valence-corrected chi connectivity index (χ2v) is 3.65. The third-order valence-corrected chi connectivity index (χ3v) is 1.99. The van der Waals surface area contributed by atoms with E-state index in [1.54, 1.807) is 6.08 Å². The molecule has 17 heavy (non-hydrogen) atoms. The average molecular weight is 228 g/mol. The summed E-state index contributed by atoms with van der Waals surface area (Å²) >= 11 is 0. The number of rotatable bonds is 4. The predicted molar refractivity (Wildman–Crippen MR) is 71.4 cm³/mol. The lowest BCUT2D eigenvalue weighted by molar-refractivity contribution is 1.09. The van der Waals surface area contributed by atoms with Crippen LogP contribution < -0.4 is 11.1 Å². The van der Waals surface area contributed by atoms with Gasteiger partial charge in [0.15, 0.2) is 0 Å². The first kappa shape index (κ1) is 12.8. The van der Waals surface area contributed by atoms with Crippen molar-refractivity contribution in [2.75, 3.05) is 17.6 Å². The Morgan fingerprint density at radius 3 is 3.00 bits per heavy atom. The molecule has 88 valence electrons. The molecule has 0 spiro atoms. The number of allylic oxidation sites excluding steroid dienone is 3. The van der Waals surface area contributed by atoms with Gasteiger partial charge in [-0.15, -0.1) is 6.42 Å². The molecule has 4 nitrogen and oxygen atoms in total. The van der Waals surface area contributed by atoms with E-state index in [0.717, 1.165) is 17.1 Å². The van der Waals surface area contributed by atoms with Crippen LogP contribution in [0.2, 0.25) is 0 Å². The number of nitrogens with two attached hydrogens (primary N) is 1. The van der Waals surface area contributed by atoms with Gasteiger partial charge < -0.3 is 11.1 Å². The Labute approximate surface area is 102 Å². The Morgan fingerprint density at radius 2 is 2.35 bits per heavy atom. The molecular weight excluding hydrogens is 212 g/mol. The van der Waals surface area contributed by atoms with Crippen LogP contribution in [0.4, 0.5) is 11.8 Å². The number of anilines is 2. The maximum atomic E-state index is 5.55. The van der Waals surface area contributed by atoms with Crippen LogP contribution in [0.25, 0.3) is 0 Å². The number of nitrogen functional groups attached to an aromatic ring is 1. The van der Waals surface area contributed by atoms with Crippen molar-refractivity contribution in [1.82, 2.24) is 9.97 Å². The summed E-state index contributed by atoms with van der Waals surface area (Å²) in [6, 6.07) is 1.85. The van der Waals surface area contributed by atoms with Gasteiger partial charge in [0.2, 0.25) is 5.95 Å². The molecule has 0 saturated heterocycles. The summed E-state index contributed by atoms with van der Waals surface area (Å²) in [5.74, 6) is 3.43. The van der Waals surface area contributed by atoms with E-state index in [-0.39, 0.29) is 5.95 Å². The highest BCUT2D eigenvalue weighted by Gasteiger charge is 1.98. The van der Waals surface area contributed by atoms with E-state index >= 15 is 0 Å². The maximum Gasteiger partial charge on any atom is 0.222 e. The molecule has 1 aromatic rings. The molecule has 3 N–H and O–H groups in total. The van der Waals surface area contributed by atoms with Crippen LogP contribution in [0, 0.1) is 19.3 Å². The number of hydrogen-bond acceptors (Lipinski definition) is 4. The lowest BCUT2D eigenvalue weighted by atomic mass is 10.2. The van der Waals surface area contributed by atoms with E-state index in [0.29, 0.717) is 6.54 Å². The van der Waals surface area contributed by atoms with Crippen molar-refractivity contribution in [2.45, 2.75) is 13.8 Å². The normalized spacial score (nSPS) is 11.5. The summed E-state index contributed by atoms with van der Waals surface area (Å²) in [5, 5.41) is 3.17. The molecule has 0 aliphatic rings. The van der Waals surface area contributed by atoms with Crippen molar-refractivity contribution in [2.24, 2.45) is 0 Å². The van der Waals surface area contributed by atoms with Crippen molar-refractivity contribution >= 4 is 11.8 Å². The van der Waals surface area contributed by atoms with Gasteiger partial charge in [-0.1, -0.05) is 23.6 Å². The lowest BCUT2D eigenvalue weighted by Gasteiger charge is -2.06. The van der Waals surface area contributed by atoms with Crippen LogP contribution in [0.1, 0.15) is 12.6 Å². The molecule has 0 unspecified atom stereocenters. The van der Waals surface area contributed by atoms with Crippen molar-refractivity contribution < 1.29 is 0 Å². The summed E-state index contributed by atoms with van der Waals surface area (Å²) in [4.78, 5) is 8.08. The highest BCUT2D eigenvalue weighted by molar-refractivity contribution is 5.41. The summed E-state index contributed by atoms with van der Waals surface area (Å²) in [6.45, 7) is 4.57. The van der Waals surface area contributed by atoms with Crippen molar-refractivity contribution in [3.8, 4) is 12.3 Å². The quantitative estimate of drug-likeness (QED) is 0.610.